The molecule has 1 fully saturated rings. The van der Waals surface area contributed by atoms with E-state index in [1.807, 2.05) is 6.08 Å². The first kappa shape index (κ1) is 16.4. The molecule has 1 saturated carbocycles. The van der Waals surface area contributed by atoms with Crippen LogP contribution in [0.2, 0.25) is 0 Å². The van der Waals surface area contributed by atoms with Crippen molar-refractivity contribution >= 4 is 13.5 Å². The lowest BCUT2D eigenvalue weighted by molar-refractivity contribution is 0.124. The Balaban J connectivity index is 2.69. The highest BCUT2D eigenvalue weighted by molar-refractivity contribution is 7.48. The number of oxime groups is 1. The largest absolute Gasteiger partial charge is 0.550 e. The van der Waals surface area contributed by atoms with Gasteiger partial charge in [0, 0.05) is 5.92 Å². The standard InChI is InChI=1S/C13H24NO4P/c1-4-9-12-10-7-8-11-13(12)14-18-19(15,16-5-2)17-6-3/h4,12H,1,5-11H2,2-3H3. The molecule has 1 atom stereocenters. The summed E-state index contributed by atoms with van der Waals surface area (Å²) in [5, 5.41) is 4.05. The number of allylic oxidation sites excluding steroid dienone is 1. The van der Waals surface area contributed by atoms with Crippen LogP contribution in [0, 0.1) is 5.92 Å². The molecular formula is C13H24NO4P. The topological polar surface area (TPSA) is 57.1 Å². The molecule has 110 valence electrons. The molecule has 1 unspecified atom stereocenters. The van der Waals surface area contributed by atoms with Crippen molar-refractivity contribution in [1.29, 1.82) is 0 Å². The molecule has 1 aliphatic rings. The van der Waals surface area contributed by atoms with E-state index in [9.17, 15) is 4.57 Å². The molecule has 19 heavy (non-hydrogen) atoms. The van der Waals surface area contributed by atoms with E-state index >= 15 is 0 Å². The molecule has 0 spiro atoms. The Morgan fingerprint density at radius 2 is 2.05 bits per heavy atom. The highest BCUT2D eigenvalue weighted by Gasteiger charge is 2.28. The lowest BCUT2D eigenvalue weighted by atomic mass is 9.85. The summed E-state index contributed by atoms with van der Waals surface area (Å²) in [6, 6.07) is 0. The van der Waals surface area contributed by atoms with Gasteiger partial charge in [-0.25, -0.2) is 4.57 Å². The van der Waals surface area contributed by atoms with Crippen LogP contribution in [0.4, 0.5) is 0 Å². The number of phosphoric acid groups is 1. The Hall–Kier alpha value is -0.640. The van der Waals surface area contributed by atoms with Gasteiger partial charge in [0.05, 0.1) is 18.9 Å². The Morgan fingerprint density at radius 1 is 1.37 bits per heavy atom. The third kappa shape index (κ3) is 5.47. The minimum absolute atomic E-state index is 0.262. The van der Waals surface area contributed by atoms with Crippen molar-refractivity contribution in [3.8, 4) is 0 Å². The normalized spacial score (nSPS) is 22.4. The molecule has 0 aromatic heterocycles. The lowest BCUT2D eigenvalue weighted by Crippen LogP contribution is -2.19. The van der Waals surface area contributed by atoms with Crippen LogP contribution in [-0.4, -0.2) is 18.9 Å². The molecule has 1 rings (SSSR count). The van der Waals surface area contributed by atoms with E-state index in [-0.39, 0.29) is 13.2 Å². The van der Waals surface area contributed by atoms with Gasteiger partial charge in [0.25, 0.3) is 0 Å². The molecule has 0 amide bonds. The minimum atomic E-state index is -3.54. The van der Waals surface area contributed by atoms with Crippen molar-refractivity contribution in [2.75, 3.05) is 13.2 Å². The fourth-order valence-electron chi connectivity index (χ4n) is 2.15. The van der Waals surface area contributed by atoms with Gasteiger partial charge in [-0.3, -0.25) is 13.7 Å². The zero-order valence-electron chi connectivity index (χ0n) is 11.8. The Morgan fingerprint density at radius 3 is 2.63 bits per heavy atom. The quantitative estimate of drug-likeness (QED) is 0.379. The summed E-state index contributed by atoms with van der Waals surface area (Å²) in [4.78, 5) is 0. The highest BCUT2D eigenvalue weighted by Crippen LogP contribution is 2.49. The Bertz CT molecular complexity index is 347. The van der Waals surface area contributed by atoms with Gasteiger partial charge < -0.3 is 0 Å². The SMILES string of the molecule is C=CCC1CCCCC1=NOP(=O)(OCC)OCC. The average molecular weight is 289 g/mol. The predicted octanol–water partition coefficient (Wildman–Crippen LogP) is 4.31. The molecule has 0 heterocycles. The van der Waals surface area contributed by atoms with Crippen LogP contribution in [0.1, 0.15) is 46.0 Å². The van der Waals surface area contributed by atoms with Gasteiger partial charge in [-0.15, -0.1) is 6.58 Å². The van der Waals surface area contributed by atoms with Gasteiger partial charge in [0.15, 0.2) is 0 Å². The molecule has 0 radical (unpaired) electrons. The van der Waals surface area contributed by atoms with E-state index in [0.29, 0.717) is 5.92 Å². The summed E-state index contributed by atoms with van der Waals surface area (Å²) in [5.74, 6) is 0.336. The Kier molecular flexibility index (Phi) is 7.36. The van der Waals surface area contributed by atoms with E-state index in [4.69, 9.17) is 13.7 Å². The maximum atomic E-state index is 12.1. The van der Waals surface area contributed by atoms with E-state index in [1.54, 1.807) is 13.8 Å². The van der Waals surface area contributed by atoms with Crippen LogP contribution in [0.25, 0.3) is 0 Å². The number of hydrogen-bond donors (Lipinski definition) is 0. The molecule has 6 heteroatoms. The molecule has 5 nitrogen and oxygen atoms in total. The first-order valence-corrected chi connectivity index (χ1v) is 8.36. The number of nitrogens with zero attached hydrogens (tertiary/aromatic N) is 1. The fourth-order valence-corrected chi connectivity index (χ4v) is 3.15. The van der Waals surface area contributed by atoms with Crippen LogP contribution in [0.15, 0.2) is 17.8 Å². The second-order valence-electron chi connectivity index (χ2n) is 4.41. The molecule has 0 saturated heterocycles. The van der Waals surface area contributed by atoms with Crippen molar-refractivity contribution < 1.29 is 18.2 Å². The average Bonchev–Trinajstić information content (AvgIpc) is 2.39. The Labute approximate surface area is 115 Å². The second-order valence-corrected chi connectivity index (χ2v) is 5.99. The van der Waals surface area contributed by atoms with Crippen LogP contribution in [-0.2, 0) is 18.2 Å². The summed E-state index contributed by atoms with van der Waals surface area (Å²) in [6.45, 7) is 7.76. The van der Waals surface area contributed by atoms with E-state index in [2.05, 4.69) is 11.7 Å². The summed E-state index contributed by atoms with van der Waals surface area (Å²) in [5.41, 5.74) is 0.936. The van der Waals surface area contributed by atoms with Crippen molar-refractivity contribution in [2.24, 2.45) is 11.1 Å². The summed E-state index contributed by atoms with van der Waals surface area (Å²) in [7, 11) is -3.54. The number of hydrogen-bond acceptors (Lipinski definition) is 5. The first-order chi connectivity index (χ1) is 9.15. The predicted molar refractivity (Wildman–Crippen MR) is 76.2 cm³/mol. The number of phosphoric ester groups is 1. The van der Waals surface area contributed by atoms with Crippen LogP contribution in [0.5, 0.6) is 0 Å². The maximum absolute atomic E-state index is 12.1. The van der Waals surface area contributed by atoms with Crippen molar-refractivity contribution in [3.63, 3.8) is 0 Å². The van der Waals surface area contributed by atoms with Gasteiger partial charge in [-0.1, -0.05) is 17.7 Å². The van der Waals surface area contributed by atoms with Crippen LogP contribution in [0.3, 0.4) is 0 Å². The van der Waals surface area contributed by atoms with Gasteiger partial charge in [0.1, 0.15) is 0 Å². The van der Waals surface area contributed by atoms with Gasteiger partial charge in [-0.05, 0) is 39.5 Å². The van der Waals surface area contributed by atoms with E-state index < -0.39 is 7.82 Å². The maximum Gasteiger partial charge on any atom is 0.550 e. The van der Waals surface area contributed by atoms with Crippen LogP contribution >= 0.6 is 7.82 Å². The third-order valence-electron chi connectivity index (χ3n) is 2.99. The summed E-state index contributed by atoms with van der Waals surface area (Å²) >= 11 is 0. The van der Waals surface area contributed by atoms with Crippen molar-refractivity contribution in [3.05, 3.63) is 12.7 Å². The molecule has 0 bridgehead atoms. The van der Waals surface area contributed by atoms with Gasteiger partial charge in [0.2, 0.25) is 0 Å². The first-order valence-electron chi connectivity index (χ1n) is 6.90. The second kappa shape index (κ2) is 8.51. The zero-order chi connectivity index (χ0) is 14.1. The molecule has 0 aromatic carbocycles. The molecule has 0 aromatic rings. The summed E-state index contributed by atoms with van der Waals surface area (Å²) in [6.07, 6.45) is 6.97. The molecule has 0 N–H and O–H groups in total. The highest BCUT2D eigenvalue weighted by atomic mass is 31.2. The van der Waals surface area contributed by atoms with Gasteiger partial charge >= 0.3 is 7.82 Å². The molecule has 1 aliphatic carbocycles. The smallest absolute Gasteiger partial charge is 0.292 e. The fraction of sp³-hybridized carbons (Fsp3) is 0.769. The van der Waals surface area contributed by atoms with E-state index in [1.165, 1.54) is 6.42 Å². The van der Waals surface area contributed by atoms with Crippen molar-refractivity contribution in [1.82, 2.24) is 0 Å². The third-order valence-corrected chi connectivity index (χ3v) is 4.42. The molecule has 0 aliphatic heterocycles. The van der Waals surface area contributed by atoms with E-state index in [0.717, 1.165) is 31.4 Å². The van der Waals surface area contributed by atoms with Crippen LogP contribution < -0.4 is 0 Å². The lowest BCUT2D eigenvalue weighted by Gasteiger charge is -2.23. The zero-order valence-corrected chi connectivity index (χ0v) is 12.7. The molecular weight excluding hydrogens is 265 g/mol. The number of rotatable bonds is 8. The van der Waals surface area contributed by atoms with Crippen molar-refractivity contribution in [2.45, 2.75) is 46.0 Å². The summed E-state index contributed by atoms with van der Waals surface area (Å²) < 4.78 is 27.3. The van der Waals surface area contributed by atoms with Gasteiger partial charge in [-0.2, -0.15) is 0 Å². The monoisotopic (exact) mass is 289 g/mol. The minimum Gasteiger partial charge on any atom is -0.292 e.